The largest absolute Gasteiger partial charge is 0.481 e. The second-order valence-electron chi connectivity index (χ2n) is 5.74. The normalized spacial score (nSPS) is 18.9. The number of carboxylic acids is 1. The van der Waals surface area contributed by atoms with Crippen LogP contribution in [0.3, 0.4) is 0 Å². The lowest BCUT2D eigenvalue weighted by molar-refractivity contribution is -0.138. The van der Waals surface area contributed by atoms with Gasteiger partial charge in [-0.25, -0.2) is 4.79 Å². The molecule has 1 aliphatic rings. The molecule has 1 rings (SSSR count). The van der Waals surface area contributed by atoms with Gasteiger partial charge in [0.25, 0.3) is 0 Å². The Labute approximate surface area is 115 Å². The third kappa shape index (κ3) is 4.40. The van der Waals surface area contributed by atoms with Crippen molar-refractivity contribution in [3.63, 3.8) is 0 Å². The Morgan fingerprint density at radius 2 is 1.95 bits per heavy atom. The smallest absolute Gasteiger partial charge is 0.317 e. The summed E-state index contributed by atoms with van der Waals surface area (Å²) in [5.41, 5.74) is -0.539. The molecule has 0 aromatic heterocycles. The van der Waals surface area contributed by atoms with Gasteiger partial charge in [-0.15, -0.1) is 0 Å². The Kier molecular flexibility index (Phi) is 5.63. The number of carbonyl (C=O) groups is 2. The molecule has 110 valence electrons. The van der Waals surface area contributed by atoms with E-state index in [0.29, 0.717) is 0 Å². The summed E-state index contributed by atoms with van der Waals surface area (Å²) in [7, 11) is 1.78. The van der Waals surface area contributed by atoms with Crippen LogP contribution in [-0.4, -0.2) is 40.6 Å². The highest BCUT2D eigenvalue weighted by Gasteiger charge is 2.38. The van der Waals surface area contributed by atoms with Crippen molar-refractivity contribution in [2.75, 3.05) is 7.05 Å². The SMILES string of the molecule is CCCC(C)N(C)C(=O)NC1(CC(=O)O)CCCC1. The van der Waals surface area contributed by atoms with Crippen LogP contribution in [0.4, 0.5) is 4.79 Å². The van der Waals surface area contributed by atoms with Crippen LogP contribution in [0.5, 0.6) is 0 Å². The maximum absolute atomic E-state index is 12.2. The van der Waals surface area contributed by atoms with Crippen LogP contribution in [0.1, 0.15) is 58.8 Å². The predicted octanol–water partition coefficient (Wildman–Crippen LogP) is 2.60. The molecular formula is C14H26N2O3. The maximum atomic E-state index is 12.2. The van der Waals surface area contributed by atoms with Gasteiger partial charge in [-0.1, -0.05) is 26.2 Å². The Morgan fingerprint density at radius 1 is 1.37 bits per heavy atom. The summed E-state index contributed by atoms with van der Waals surface area (Å²) in [6, 6.07) is 0.0254. The minimum absolute atomic E-state index is 0.0226. The molecular weight excluding hydrogens is 244 g/mol. The van der Waals surface area contributed by atoms with E-state index in [-0.39, 0.29) is 18.5 Å². The van der Waals surface area contributed by atoms with E-state index in [1.54, 1.807) is 11.9 Å². The van der Waals surface area contributed by atoms with Crippen molar-refractivity contribution in [1.29, 1.82) is 0 Å². The summed E-state index contributed by atoms with van der Waals surface area (Å²) in [6.45, 7) is 4.10. The average molecular weight is 270 g/mol. The molecule has 2 N–H and O–H groups in total. The highest BCUT2D eigenvalue weighted by molar-refractivity contribution is 5.77. The van der Waals surface area contributed by atoms with Crippen LogP contribution in [0.2, 0.25) is 0 Å². The van der Waals surface area contributed by atoms with E-state index in [9.17, 15) is 9.59 Å². The number of carbonyl (C=O) groups excluding carboxylic acids is 1. The first-order valence-electron chi connectivity index (χ1n) is 7.17. The molecule has 19 heavy (non-hydrogen) atoms. The zero-order valence-corrected chi connectivity index (χ0v) is 12.2. The number of hydrogen-bond acceptors (Lipinski definition) is 2. The molecule has 0 bridgehead atoms. The molecule has 0 aromatic carbocycles. The number of aliphatic carboxylic acids is 1. The summed E-state index contributed by atoms with van der Waals surface area (Å²) in [5, 5.41) is 12.0. The van der Waals surface area contributed by atoms with Gasteiger partial charge in [0.15, 0.2) is 0 Å². The lowest BCUT2D eigenvalue weighted by Crippen LogP contribution is -2.53. The van der Waals surface area contributed by atoms with Crippen molar-refractivity contribution in [3.8, 4) is 0 Å². The van der Waals surface area contributed by atoms with Crippen LogP contribution in [0, 0.1) is 0 Å². The van der Waals surface area contributed by atoms with Crippen molar-refractivity contribution in [1.82, 2.24) is 10.2 Å². The van der Waals surface area contributed by atoms with Gasteiger partial charge in [-0.3, -0.25) is 4.79 Å². The average Bonchev–Trinajstić information content (AvgIpc) is 2.75. The van der Waals surface area contributed by atoms with Crippen LogP contribution < -0.4 is 5.32 Å². The topological polar surface area (TPSA) is 69.6 Å². The van der Waals surface area contributed by atoms with E-state index in [2.05, 4.69) is 12.2 Å². The molecule has 1 atom stereocenters. The van der Waals surface area contributed by atoms with E-state index < -0.39 is 11.5 Å². The van der Waals surface area contributed by atoms with Crippen molar-refractivity contribution in [3.05, 3.63) is 0 Å². The molecule has 0 spiro atoms. The molecule has 5 heteroatoms. The van der Waals surface area contributed by atoms with Gasteiger partial charge in [0, 0.05) is 13.1 Å². The Balaban J connectivity index is 2.63. The molecule has 0 heterocycles. The first kappa shape index (κ1) is 15.8. The molecule has 1 unspecified atom stereocenters. The fourth-order valence-corrected chi connectivity index (χ4v) is 2.81. The van der Waals surface area contributed by atoms with E-state index in [4.69, 9.17) is 5.11 Å². The monoisotopic (exact) mass is 270 g/mol. The van der Waals surface area contributed by atoms with Gasteiger partial charge in [0.05, 0.1) is 12.0 Å². The standard InChI is InChI=1S/C14H26N2O3/c1-4-7-11(2)16(3)13(19)15-14(10-12(17)18)8-5-6-9-14/h11H,4-10H2,1-3H3,(H,15,19)(H,17,18). The summed E-state index contributed by atoms with van der Waals surface area (Å²) >= 11 is 0. The molecule has 1 fully saturated rings. The highest BCUT2D eigenvalue weighted by Crippen LogP contribution is 2.32. The number of hydrogen-bond donors (Lipinski definition) is 2. The van der Waals surface area contributed by atoms with Gasteiger partial charge in [0.2, 0.25) is 0 Å². The minimum Gasteiger partial charge on any atom is -0.481 e. The second-order valence-corrected chi connectivity index (χ2v) is 5.74. The van der Waals surface area contributed by atoms with Crippen LogP contribution in [-0.2, 0) is 4.79 Å². The van der Waals surface area contributed by atoms with Crippen LogP contribution in [0.15, 0.2) is 0 Å². The fraction of sp³-hybridized carbons (Fsp3) is 0.857. The highest BCUT2D eigenvalue weighted by atomic mass is 16.4. The van der Waals surface area contributed by atoms with Gasteiger partial charge in [0.1, 0.15) is 0 Å². The molecule has 1 saturated carbocycles. The van der Waals surface area contributed by atoms with Crippen molar-refractivity contribution in [2.24, 2.45) is 0 Å². The molecule has 0 saturated heterocycles. The van der Waals surface area contributed by atoms with Gasteiger partial charge < -0.3 is 15.3 Å². The van der Waals surface area contributed by atoms with Gasteiger partial charge >= 0.3 is 12.0 Å². The molecule has 2 amide bonds. The quantitative estimate of drug-likeness (QED) is 0.779. The zero-order valence-electron chi connectivity index (χ0n) is 12.2. The number of carboxylic acid groups (broad SMARTS) is 1. The van der Waals surface area contributed by atoms with Crippen molar-refractivity contribution >= 4 is 12.0 Å². The molecule has 1 aliphatic carbocycles. The number of nitrogens with zero attached hydrogens (tertiary/aromatic N) is 1. The number of urea groups is 1. The van der Waals surface area contributed by atoms with Crippen molar-refractivity contribution in [2.45, 2.75) is 70.4 Å². The molecule has 5 nitrogen and oxygen atoms in total. The first-order chi connectivity index (χ1) is 8.90. The zero-order chi connectivity index (χ0) is 14.5. The predicted molar refractivity (Wildman–Crippen MR) is 74.1 cm³/mol. The lowest BCUT2D eigenvalue weighted by atomic mass is 9.93. The van der Waals surface area contributed by atoms with E-state index in [1.165, 1.54) is 0 Å². The van der Waals surface area contributed by atoms with Crippen molar-refractivity contribution < 1.29 is 14.7 Å². The minimum atomic E-state index is -0.841. The Morgan fingerprint density at radius 3 is 2.42 bits per heavy atom. The van der Waals surface area contributed by atoms with E-state index in [0.717, 1.165) is 38.5 Å². The van der Waals surface area contributed by atoms with E-state index >= 15 is 0 Å². The number of nitrogens with one attached hydrogen (secondary N) is 1. The lowest BCUT2D eigenvalue weighted by Gasteiger charge is -2.33. The Bertz CT molecular complexity index is 325. The summed E-state index contributed by atoms with van der Waals surface area (Å²) in [5.74, 6) is -0.841. The van der Waals surface area contributed by atoms with E-state index in [1.807, 2.05) is 6.92 Å². The molecule has 0 aliphatic heterocycles. The Hall–Kier alpha value is -1.26. The molecule has 0 aromatic rings. The van der Waals surface area contributed by atoms with Gasteiger partial charge in [-0.05, 0) is 26.2 Å². The first-order valence-corrected chi connectivity index (χ1v) is 7.17. The maximum Gasteiger partial charge on any atom is 0.317 e. The van der Waals surface area contributed by atoms with Gasteiger partial charge in [-0.2, -0.15) is 0 Å². The van der Waals surface area contributed by atoms with Crippen LogP contribution >= 0.6 is 0 Å². The summed E-state index contributed by atoms with van der Waals surface area (Å²) in [4.78, 5) is 24.9. The fourth-order valence-electron chi connectivity index (χ4n) is 2.81. The summed E-state index contributed by atoms with van der Waals surface area (Å²) in [6.07, 6.45) is 5.51. The third-order valence-electron chi connectivity index (χ3n) is 4.11. The number of amides is 2. The second kappa shape index (κ2) is 6.78. The van der Waals surface area contributed by atoms with Crippen LogP contribution in [0.25, 0.3) is 0 Å². The number of rotatable bonds is 6. The summed E-state index contributed by atoms with van der Waals surface area (Å²) < 4.78 is 0. The molecule has 0 radical (unpaired) electrons. The third-order valence-corrected chi connectivity index (χ3v) is 4.11.